The predicted octanol–water partition coefficient (Wildman–Crippen LogP) is 4.11. The van der Waals surface area contributed by atoms with E-state index >= 15 is 0 Å². The molecule has 0 saturated carbocycles. The Bertz CT molecular complexity index is 800. The van der Waals surface area contributed by atoms with E-state index in [4.69, 9.17) is 0 Å². The largest absolute Gasteiger partial charge is 0.289 e. The second kappa shape index (κ2) is 5.73. The van der Waals surface area contributed by atoms with Gasteiger partial charge in [-0.05, 0) is 42.0 Å². The molecule has 0 atom stereocenters. The molecule has 22 heavy (non-hydrogen) atoms. The van der Waals surface area contributed by atoms with E-state index in [-0.39, 0.29) is 11.5 Å². The van der Waals surface area contributed by atoms with Crippen LogP contribution in [0.4, 0.5) is 10.1 Å². The highest BCUT2D eigenvalue weighted by atomic mass is 32.2. The summed E-state index contributed by atoms with van der Waals surface area (Å²) in [4.78, 5) is 23.3. The summed E-state index contributed by atoms with van der Waals surface area (Å²) < 4.78 is 13.3. The van der Waals surface area contributed by atoms with Gasteiger partial charge in [-0.15, -0.1) is 11.8 Å². The minimum absolute atomic E-state index is 0.00101. The topological polar surface area (TPSA) is 60.2 Å². The summed E-state index contributed by atoms with van der Waals surface area (Å²) in [6.45, 7) is 0. The highest BCUT2D eigenvalue weighted by Gasteiger charge is 2.23. The van der Waals surface area contributed by atoms with Gasteiger partial charge in [0.15, 0.2) is 5.78 Å². The minimum atomic E-state index is -0.475. The number of benzene rings is 2. The van der Waals surface area contributed by atoms with Crippen molar-refractivity contribution in [2.24, 2.45) is 0 Å². The number of halogens is 1. The van der Waals surface area contributed by atoms with Gasteiger partial charge >= 0.3 is 0 Å². The van der Waals surface area contributed by atoms with E-state index in [1.54, 1.807) is 24.3 Å². The van der Waals surface area contributed by atoms with Crippen molar-refractivity contribution in [3.05, 3.63) is 75.1 Å². The number of nitro benzene ring substituents is 1. The molecule has 0 aromatic heterocycles. The van der Waals surface area contributed by atoms with Crippen molar-refractivity contribution in [3.63, 3.8) is 0 Å². The van der Waals surface area contributed by atoms with Gasteiger partial charge in [-0.2, -0.15) is 0 Å². The lowest BCUT2D eigenvalue weighted by Crippen LogP contribution is -2.12. The highest BCUT2D eigenvalue weighted by molar-refractivity contribution is 7.99. The molecule has 0 bridgehead atoms. The Kier molecular flexibility index (Phi) is 3.77. The number of Topliss-reactive ketones (excluding diaryl/α,β-unsaturated/α-hetero) is 1. The second-order valence-corrected chi connectivity index (χ2v) is 5.79. The number of fused-ring (bicyclic) bond motifs is 1. The molecule has 110 valence electrons. The Morgan fingerprint density at radius 3 is 2.59 bits per heavy atom. The smallest absolute Gasteiger partial charge is 0.269 e. The molecule has 0 aliphatic carbocycles. The van der Waals surface area contributed by atoms with Crippen LogP contribution >= 0.6 is 11.8 Å². The summed E-state index contributed by atoms with van der Waals surface area (Å²) in [5, 5.41) is 10.6. The molecule has 0 unspecified atom stereocenters. The molecular formula is C16H10FNO3S. The van der Waals surface area contributed by atoms with Gasteiger partial charge in [0.1, 0.15) is 5.82 Å². The first-order chi connectivity index (χ1) is 10.5. The number of non-ortho nitro benzene ring substituents is 1. The van der Waals surface area contributed by atoms with E-state index in [2.05, 4.69) is 0 Å². The second-order valence-electron chi connectivity index (χ2n) is 4.78. The fourth-order valence-corrected chi connectivity index (χ4v) is 3.20. The van der Waals surface area contributed by atoms with Crippen LogP contribution < -0.4 is 0 Å². The first-order valence-electron chi connectivity index (χ1n) is 6.46. The first kappa shape index (κ1) is 14.5. The normalized spacial score (nSPS) is 15.7. The molecule has 1 aliphatic heterocycles. The molecule has 1 heterocycles. The summed E-state index contributed by atoms with van der Waals surface area (Å²) in [6.07, 6.45) is 1.69. The van der Waals surface area contributed by atoms with Gasteiger partial charge < -0.3 is 0 Å². The number of carbonyl (C=O) groups is 1. The Morgan fingerprint density at radius 2 is 1.91 bits per heavy atom. The summed E-state index contributed by atoms with van der Waals surface area (Å²) in [5.74, 6) is -0.148. The third-order valence-electron chi connectivity index (χ3n) is 3.31. The van der Waals surface area contributed by atoms with E-state index in [1.807, 2.05) is 0 Å². The zero-order valence-electron chi connectivity index (χ0n) is 11.3. The lowest BCUT2D eigenvalue weighted by atomic mass is 10.0. The minimum Gasteiger partial charge on any atom is -0.289 e. The Balaban J connectivity index is 1.92. The maximum Gasteiger partial charge on any atom is 0.269 e. The van der Waals surface area contributed by atoms with Crippen LogP contribution in [0.5, 0.6) is 0 Å². The Labute approximate surface area is 129 Å². The molecule has 0 radical (unpaired) electrons. The summed E-state index contributed by atoms with van der Waals surface area (Å²) in [7, 11) is 0. The number of rotatable bonds is 2. The van der Waals surface area contributed by atoms with Gasteiger partial charge in [-0.3, -0.25) is 14.9 Å². The maximum atomic E-state index is 13.3. The van der Waals surface area contributed by atoms with Crippen molar-refractivity contribution in [2.75, 3.05) is 5.75 Å². The fourth-order valence-electron chi connectivity index (χ4n) is 2.20. The van der Waals surface area contributed by atoms with E-state index in [9.17, 15) is 19.3 Å². The van der Waals surface area contributed by atoms with Gasteiger partial charge in [0.25, 0.3) is 5.69 Å². The van der Waals surface area contributed by atoms with Gasteiger partial charge in [0, 0.05) is 33.9 Å². The zero-order chi connectivity index (χ0) is 15.7. The molecule has 0 spiro atoms. The molecule has 4 nitrogen and oxygen atoms in total. The van der Waals surface area contributed by atoms with Crippen LogP contribution in [0, 0.1) is 15.9 Å². The van der Waals surface area contributed by atoms with Crippen molar-refractivity contribution in [1.29, 1.82) is 0 Å². The van der Waals surface area contributed by atoms with Crippen molar-refractivity contribution in [1.82, 2.24) is 0 Å². The molecule has 0 N–H and O–H groups in total. The standard InChI is InChI=1S/C16H10FNO3S/c17-12-3-6-15-14(8-12)16(19)11(9-22-15)7-10-1-4-13(5-2-10)18(20)21/h1-8H,9H2. The SMILES string of the molecule is O=C1C(=Cc2ccc([N+](=O)[O-])cc2)CSc2ccc(F)cc21. The van der Waals surface area contributed by atoms with Crippen molar-refractivity contribution < 1.29 is 14.1 Å². The number of hydrogen-bond acceptors (Lipinski definition) is 4. The van der Waals surface area contributed by atoms with Crippen LogP contribution in [0.15, 0.2) is 52.9 Å². The number of thioether (sulfide) groups is 1. The highest BCUT2D eigenvalue weighted by Crippen LogP contribution is 2.33. The molecular weight excluding hydrogens is 305 g/mol. The van der Waals surface area contributed by atoms with Crippen molar-refractivity contribution in [3.8, 4) is 0 Å². The Morgan fingerprint density at radius 1 is 1.18 bits per heavy atom. The van der Waals surface area contributed by atoms with E-state index in [0.29, 0.717) is 22.5 Å². The third-order valence-corrected chi connectivity index (χ3v) is 4.43. The van der Waals surface area contributed by atoms with E-state index in [1.165, 1.54) is 36.0 Å². The number of nitrogens with zero attached hydrogens (tertiary/aromatic N) is 1. The van der Waals surface area contributed by atoms with E-state index < -0.39 is 10.7 Å². The number of nitro groups is 1. The van der Waals surface area contributed by atoms with Crippen LogP contribution in [0.2, 0.25) is 0 Å². The molecule has 2 aromatic rings. The van der Waals surface area contributed by atoms with Crippen LogP contribution in [0.25, 0.3) is 6.08 Å². The third kappa shape index (κ3) is 2.78. The molecule has 0 saturated heterocycles. The zero-order valence-corrected chi connectivity index (χ0v) is 12.1. The molecule has 0 amide bonds. The van der Waals surface area contributed by atoms with Gasteiger partial charge in [0.05, 0.1) is 4.92 Å². The quantitative estimate of drug-likeness (QED) is 0.475. The fraction of sp³-hybridized carbons (Fsp3) is 0.0625. The molecule has 3 rings (SSSR count). The lowest BCUT2D eigenvalue weighted by molar-refractivity contribution is -0.384. The molecule has 6 heteroatoms. The van der Waals surface area contributed by atoms with Crippen LogP contribution in [-0.2, 0) is 0 Å². The summed E-state index contributed by atoms with van der Waals surface area (Å²) >= 11 is 1.47. The molecule has 2 aromatic carbocycles. The monoisotopic (exact) mass is 315 g/mol. The van der Waals surface area contributed by atoms with Gasteiger partial charge in [-0.25, -0.2) is 4.39 Å². The summed E-state index contributed by atoms with van der Waals surface area (Å²) in [5.41, 5.74) is 1.62. The van der Waals surface area contributed by atoms with Crippen LogP contribution in [-0.4, -0.2) is 16.5 Å². The van der Waals surface area contributed by atoms with Crippen molar-refractivity contribution >= 4 is 29.3 Å². The number of ketones is 1. The average Bonchev–Trinajstić information content (AvgIpc) is 2.51. The molecule has 1 aliphatic rings. The Hall–Kier alpha value is -2.47. The van der Waals surface area contributed by atoms with Gasteiger partial charge in [-0.1, -0.05) is 0 Å². The molecule has 0 fully saturated rings. The predicted molar refractivity (Wildman–Crippen MR) is 82.5 cm³/mol. The van der Waals surface area contributed by atoms with E-state index in [0.717, 1.165) is 4.90 Å². The number of hydrogen-bond donors (Lipinski definition) is 0. The van der Waals surface area contributed by atoms with Crippen LogP contribution in [0.3, 0.4) is 0 Å². The van der Waals surface area contributed by atoms with Crippen molar-refractivity contribution in [2.45, 2.75) is 4.90 Å². The summed E-state index contributed by atoms with van der Waals surface area (Å²) in [6, 6.07) is 10.1. The van der Waals surface area contributed by atoms with Gasteiger partial charge in [0.2, 0.25) is 0 Å². The lowest BCUT2D eigenvalue weighted by Gasteiger charge is -2.16. The van der Waals surface area contributed by atoms with Crippen LogP contribution in [0.1, 0.15) is 15.9 Å². The first-order valence-corrected chi connectivity index (χ1v) is 7.45. The maximum absolute atomic E-state index is 13.3. The average molecular weight is 315 g/mol. The number of carbonyl (C=O) groups excluding carboxylic acids is 1.